The SMILES string of the molecule is O=C(O)C#Cc1ccc2c(c1)C1c3ccc(C#CC(=O)O)cc3C2c2cc(C#CC(=O)O)ccc21. The first kappa shape index (κ1) is 21.6. The highest BCUT2D eigenvalue weighted by Crippen LogP contribution is 2.56. The molecule has 0 aromatic heterocycles. The van der Waals surface area contributed by atoms with Gasteiger partial charge in [-0.2, -0.15) is 0 Å². The lowest BCUT2D eigenvalue weighted by Crippen LogP contribution is -2.28. The van der Waals surface area contributed by atoms with E-state index in [-0.39, 0.29) is 11.8 Å². The van der Waals surface area contributed by atoms with Crippen molar-refractivity contribution < 1.29 is 29.7 Å². The Morgan fingerprint density at radius 2 is 0.771 bits per heavy atom. The van der Waals surface area contributed by atoms with E-state index in [1.54, 1.807) is 18.2 Å². The molecule has 0 saturated carbocycles. The molecule has 3 aliphatic carbocycles. The number of carboxylic acids is 3. The number of rotatable bonds is 0. The van der Waals surface area contributed by atoms with Gasteiger partial charge in [0, 0.05) is 46.3 Å². The van der Waals surface area contributed by atoms with Crippen molar-refractivity contribution in [2.75, 3.05) is 0 Å². The maximum Gasteiger partial charge on any atom is 0.382 e. The maximum atomic E-state index is 10.9. The van der Waals surface area contributed by atoms with Crippen LogP contribution < -0.4 is 0 Å². The number of hydrogen-bond acceptors (Lipinski definition) is 3. The Morgan fingerprint density at radius 1 is 0.486 bits per heavy atom. The third-order valence-corrected chi connectivity index (χ3v) is 6.07. The normalized spacial score (nSPS) is 15.4. The lowest BCUT2D eigenvalue weighted by molar-refractivity contribution is -0.131. The molecule has 6 rings (SSSR count). The largest absolute Gasteiger partial charge is 0.472 e. The number of aliphatic carboxylic acids is 3. The van der Waals surface area contributed by atoms with Gasteiger partial charge in [0.05, 0.1) is 0 Å². The summed E-state index contributed by atoms with van der Waals surface area (Å²) in [4.78, 5) is 32.7. The molecular weight excluding hydrogens is 444 g/mol. The fraction of sp³-hybridized carbons (Fsp3) is 0.0690. The van der Waals surface area contributed by atoms with E-state index in [4.69, 9.17) is 15.3 Å². The topological polar surface area (TPSA) is 112 Å². The van der Waals surface area contributed by atoms with Gasteiger partial charge in [0.15, 0.2) is 0 Å². The molecule has 0 saturated heterocycles. The summed E-state index contributed by atoms with van der Waals surface area (Å²) in [6.45, 7) is 0. The molecule has 0 atom stereocenters. The number of carbonyl (C=O) groups is 3. The highest BCUT2D eigenvalue weighted by atomic mass is 16.4. The summed E-state index contributed by atoms with van der Waals surface area (Å²) in [5, 5.41) is 26.8. The van der Waals surface area contributed by atoms with Gasteiger partial charge < -0.3 is 15.3 Å². The summed E-state index contributed by atoms with van der Waals surface area (Å²) in [7, 11) is 0. The summed E-state index contributed by atoms with van der Waals surface area (Å²) < 4.78 is 0. The molecule has 0 radical (unpaired) electrons. The third kappa shape index (κ3) is 3.89. The summed E-state index contributed by atoms with van der Waals surface area (Å²) in [5.41, 5.74) is 7.84. The molecular formula is C29H14O6. The van der Waals surface area contributed by atoms with Crippen LogP contribution in [0.15, 0.2) is 54.6 Å². The van der Waals surface area contributed by atoms with E-state index in [9.17, 15) is 14.4 Å². The van der Waals surface area contributed by atoms with Crippen molar-refractivity contribution in [2.24, 2.45) is 0 Å². The van der Waals surface area contributed by atoms with Crippen LogP contribution in [-0.2, 0) is 14.4 Å². The Balaban J connectivity index is 1.72. The van der Waals surface area contributed by atoms with Gasteiger partial charge in [-0.15, -0.1) is 0 Å². The predicted molar refractivity (Wildman–Crippen MR) is 125 cm³/mol. The summed E-state index contributed by atoms with van der Waals surface area (Å²) >= 11 is 0. The van der Waals surface area contributed by atoms with Crippen LogP contribution in [0.1, 0.15) is 61.9 Å². The average molecular weight is 458 g/mol. The van der Waals surface area contributed by atoms with Crippen molar-refractivity contribution in [2.45, 2.75) is 11.8 Å². The minimum atomic E-state index is -1.21. The van der Waals surface area contributed by atoms with Gasteiger partial charge in [0.25, 0.3) is 0 Å². The Bertz CT molecular complexity index is 1580. The second-order valence-corrected chi connectivity index (χ2v) is 8.06. The van der Waals surface area contributed by atoms with E-state index < -0.39 is 17.9 Å². The van der Waals surface area contributed by atoms with Crippen molar-refractivity contribution in [1.82, 2.24) is 0 Å². The average Bonchev–Trinajstić information content (AvgIpc) is 2.84. The quantitative estimate of drug-likeness (QED) is 0.308. The molecule has 0 heterocycles. The van der Waals surface area contributed by atoms with E-state index in [0.29, 0.717) is 16.7 Å². The second-order valence-electron chi connectivity index (χ2n) is 8.06. The van der Waals surface area contributed by atoms with Crippen LogP contribution >= 0.6 is 0 Å². The second kappa shape index (κ2) is 8.27. The zero-order valence-corrected chi connectivity index (χ0v) is 17.9. The summed E-state index contributed by atoms with van der Waals surface area (Å²) in [6.07, 6.45) is 0. The molecule has 3 N–H and O–H groups in total. The highest BCUT2D eigenvalue weighted by molar-refractivity contribution is 5.88. The molecule has 35 heavy (non-hydrogen) atoms. The first-order valence-corrected chi connectivity index (χ1v) is 10.5. The Labute approximate surface area is 199 Å². The minimum Gasteiger partial charge on any atom is -0.472 e. The van der Waals surface area contributed by atoms with Gasteiger partial charge in [-0.3, -0.25) is 0 Å². The minimum absolute atomic E-state index is 0.158. The van der Waals surface area contributed by atoms with Gasteiger partial charge in [0.1, 0.15) is 0 Å². The fourth-order valence-corrected chi connectivity index (χ4v) is 4.88. The fourth-order valence-electron chi connectivity index (χ4n) is 4.88. The van der Waals surface area contributed by atoms with Crippen molar-refractivity contribution in [1.29, 1.82) is 0 Å². The van der Waals surface area contributed by atoms with E-state index in [1.807, 2.05) is 36.4 Å². The van der Waals surface area contributed by atoms with Crippen LogP contribution in [0.2, 0.25) is 0 Å². The zero-order chi connectivity index (χ0) is 24.7. The molecule has 2 bridgehead atoms. The molecule has 0 amide bonds. The molecule has 0 unspecified atom stereocenters. The van der Waals surface area contributed by atoms with E-state index >= 15 is 0 Å². The van der Waals surface area contributed by atoms with Gasteiger partial charge in [-0.25, -0.2) is 14.4 Å². The standard InChI is InChI=1S/C29H14O6/c30-25(31)10-4-16-3-9-21-22(13-16)28-19-7-1-17(5-11-26(32)33)14-23(19)29(21)24-15-18(2-8-20(24)28)6-12-27(34)35/h1-3,7-9,13-15,28-29H,(H,30,31)(H,32,33)(H,34,35). The van der Waals surface area contributed by atoms with Crippen LogP contribution in [0.3, 0.4) is 0 Å². The molecule has 3 aromatic carbocycles. The lowest BCUT2D eigenvalue weighted by atomic mass is 9.60. The Kier molecular flexibility index (Phi) is 5.10. The van der Waals surface area contributed by atoms with Crippen LogP contribution in [0.25, 0.3) is 0 Å². The van der Waals surface area contributed by atoms with Crippen molar-refractivity contribution in [3.63, 3.8) is 0 Å². The van der Waals surface area contributed by atoms with Gasteiger partial charge in [-0.05, 0) is 69.8 Å². The molecule has 6 nitrogen and oxygen atoms in total. The molecule has 0 spiro atoms. The van der Waals surface area contributed by atoms with E-state index in [2.05, 4.69) is 35.5 Å². The molecule has 0 aliphatic heterocycles. The number of benzene rings is 3. The Morgan fingerprint density at radius 3 is 1.06 bits per heavy atom. The van der Waals surface area contributed by atoms with Crippen LogP contribution in [-0.4, -0.2) is 33.2 Å². The van der Waals surface area contributed by atoms with Gasteiger partial charge >= 0.3 is 17.9 Å². The highest BCUT2D eigenvalue weighted by Gasteiger charge is 2.41. The monoisotopic (exact) mass is 458 g/mol. The van der Waals surface area contributed by atoms with E-state index in [1.165, 1.54) is 0 Å². The number of carboxylic acid groups (broad SMARTS) is 3. The van der Waals surface area contributed by atoms with Gasteiger partial charge in [0.2, 0.25) is 0 Å². The first-order chi connectivity index (χ1) is 16.8. The van der Waals surface area contributed by atoms with Crippen LogP contribution in [0, 0.1) is 35.5 Å². The molecule has 166 valence electrons. The lowest BCUT2D eigenvalue weighted by Gasteiger charge is -2.42. The molecule has 0 fully saturated rings. The van der Waals surface area contributed by atoms with Crippen LogP contribution in [0.4, 0.5) is 0 Å². The van der Waals surface area contributed by atoms with Crippen LogP contribution in [0.5, 0.6) is 0 Å². The van der Waals surface area contributed by atoms with Crippen molar-refractivity contribution in [3.8, 4) is 35.5 Å². The summed E-state index contributed by atoms with van der Waals surface area (Å²) in [5.74, 6) is 10.5. The maximum absolute atomic E-state index is 10.9. The molecule has 6 heteroatoms. The first-order valence-electron chi connectivity index (χ1n) is 10.5. The van der Waals surface area contributed by atoms with Gasteiger partial charge in [-0.1, -0.05) is 36.0 Å². The summed E-state index contributed by atoms with van der Waals surface area (Å²) in [6, 6.07) is 16.9. The molecule has 3 aromatic rings. The van der Waals surface area contributed by atoms with E-state index in [0.717, 1.165) is 33.4 Å². The predicted octanol–water partition coefficient (Wildman–Crippen LogP) is 2.98. The molecule has 3 aliphatic rings. The van der Waals surface area contributed by atoms with Crippen molar-refractivity contribution >= 4 is 17.9 Å². The Hall–Kier alpha value is -5.25. The number of hydrogen-bond donors (Lipinski definition) is 3. The zero-order valence-electron chi connectivity index (χ0n) is 17.9. The smallest absolute Gasteiger partial charge is 0.382 e. The van der Waals surface area contributed by atoms with Crippen molar-refractivity contribution in [3.05, 3.63) is 105 Å². The third-order valence-electron chi connectivity index (χ3n) is 6.07.